The minimum absolute atomic E-state index is 0.141. The van der Waals surface area contributed by atoms with Crippen LogP contribution < -0.4 is 36.0 Å². The number of imide groups is 1. The number of aryl methyl sites for hydroxylation is 1. The van der Waals surface area contributed by atoms with Gasteiger partial charge in [-0.1, -0.05) is 23.7 Å². The Labute approximate surface area is 355 Å². The van der Waals surface area contributed by atoms with Gasteiger partial charge in [-0.25, -0.2) is 13.8 Å². The fourth-order valence-corrected chi connectivity index (χ4v) is 9.80. The summed E-state index contributed by atoms with van der Waals surface area (Å²) in [4.78, 5) is 56.8. The van der Waals surface area contributed by atoms with Crippen LogP contribution in [0.4, 0.5) is 37.6 Å². The molecular formula is C43H48ClF2N11O4. The molecule has 5 aromatic rings. The third kappa shape index (κ3) is 7.70. The molecule has 0 spiro atoms. The fraction of sp³-hybridized carbons (Fsp3) is 0.488. The van der Waals surface area contributed by atoms with E-state index in [1.54, 1.807) is 24.4 Å². The van der Waals surface area contributed by atoms with Gasteiger partial charge < -0.3 is 35.1 Å². The zero-order valence-electron chi connectivity index (χ0n) is 33.9. The van der Waals surface area contributed by atoms with Crippen LogP contribution in [-0.2, 0) is 16.6 Å². The molecule has 2 atom stereocenters. The SMILES string of the molecule is Cn1nc(C2CCC(=O)NC2=O)c2cccc(N3CCCN(CC4CCN(c5ncc(Cl)c(Nc6ccc7[nH]c(=O)c8c(c7c6)NC(C6CC6)C(F)(F)CO8)n5)CC4)CC3)c21. The number of ether oxygens (including phenoxy) is 1. The Hall–Kier alpha value is -5.55. The minimum Gasteiger partial charge on any atom is -0.480 e. The number of carbonyl (C=O) groups is 2. The van der Waals surface area contributed by atoms with E-state index in [9.17, 15) is 14.4 Å². The van der Waals surface area contributed by atoms with Gasteiger partial charge in [0.05, 0.1) is 46.3 Å². The normalized spacial score (nSPS) is 22.6. The first-order valence-corrected chi connectivity index (χ1v) is 21.6. The van der Waals surface area contributed by atoms with Gasteiger partial charge in [0.15, 0.2) is 12.4 Å². The number of piperidine rings is 2. The quantitative estimate of drug-likeness (QED) is 0.140. The second-order valence-corrected chi connectivity index (χ2v) is 17.6. The molecule has 18 heteroatoms. The summed E-state index contributed by atoms with van der Waals surface area (Å²) in [5.74, 6) is -2.88. The fourth-order valence-electron chi connectivity index (χ4n) is 9.67. The molecule has 4 fully saturated rings. The standard InChI is InChI=1S/C43H48ClF2N11O4/c1-54-36-27(34(53-54)28-9-11-33(58)50-40(28)59)4-2-5-32(36)56-15-3-14-55(18-19-56)22-24-12-16-57(17-13-24)42-47-21-30(44)39(52-42)48-26-8-10-31-29(20-26)35-37(41(60)49-31)61-23-43(45,46)38(51-35)25-6-7-25/h2,4-5,8,10,20-21,24-25,28,38,51H,3,6-7,9,11-19,22-23H2,1H3,(H,49,60)(H,47,48,52)(H,50,58,59). The van der Waals surface area contributed by atoms with E-state index in [4.69, 9.17) is 26.4 Å². The number of anilines is 5. The molecule has 7 heterocycles. The molecule has 320 valence electrons. The number of halogens is 3. The van der Waals surface area contributed by atoms with Crippen molar-refractivity contribution in [3.63, 3.8) is 0 Å². The van der Waals surface area contributed by atoms with Gasteiger partial charge in [0.1, 0.15) is 5.02 Å². The molecule has 4 aliphatic heterocycles. The summed E-state index contributed by atoms with van der Waals surface area (Å²) in [6.07, 6.45) is 6.79. The van der Waals surface area contributed by atoms with Crippen molar-refractivity contribution in [2.45, 2.75) is 62.8 Å². The summed E-state index contributed by atoms with van der Waals surface area (Å²) in [7, 11) is 1.93. The summed E-state index contributed by atoms with van der Waals surface area (Å²) in [6.45, 7) is 5.51. The molecule has 2 unspecified atom stereocenters. The Kier molecular flexibility index (Phi) is 10.2. The number of fused-ring (bicyclic) bond motifs is 4. The summed E-state index contributed by atoms with van der Waals surface area (Å²) in [5, 5.41) is 15.4. The largest absolute Gasteiger partial charge is 0.480 e. The first kappa shape index (κ1) is 39.6. The van der Waals surface area contributed by atoms with E-state index in [-0.39, 0.29) is 29.2 Å². The predicted octanol–water partition coefficient (Wildman–Crippen LogP) is 5.77. The van der Waals surface area contributed by atoms with Gasteiger partial charge in [-0.05, 0) is 81.2 Å². The molecule has 1 saturated carbocycles. The number of alkyl halides is 2. The maximum Gasteiger partial charge on any atom is 0.301 e. The Morgan fingerprint density at radius 1 is 0.967 bits per heavy atom. The van der Waals surface area contributed by atoms with Crippen molar-refractivity contribution in [3.05, 3.63) is 63.7 Å². The third-order valence-corrected chi connectivity index (χ3v) is 13.3. The number of nitrogens with zero attached hydrogens (tertiary/aromatic N) is 7. The van der Waals surface area contributed by atoms with Crippen molar-refractivity contribution in [3.8, 4) is 5.75 Å². The molecule has 15 nitrogen and oxygen atoms in total. The lowest BCUT2D eigenvalue weighted by molar-refractivity contribution is -0.134. The number of hydrogen-bond acceptors (Lipinski definition) is 12. The first-order chi connectivity index (χ1) is 29.5. The van der Waals surface area contributed by atoms with Crippen molar-refractivity contribution in [1.29, 1.82) is 0 Å². The van der Waals surface area contributed by atoms with Gasteiger partial charge in [-0.2, -0.15) is 10.1 Å². The smallest absolute Gasteiger partial charge is 0.301 e. The molecule has 1 aliphatic carbocycles. The van der Waals surface area contributed by atoms with Gasteiger partial charge in [-0.15, -0.1) is 0 Å². The van der Waals surface area contributed by atoms with Gasteiger partial charge in [0.25, 0.3) is 5.56 Å². The Morgan fingerprint density at radius 3 is 2.61 bits per heavy atom. The average Bonchev–Trinajstić information content (AvgIpc) is 4.07. The number of H-pyrrole nitrogens is 1. The third-order valence-electron chi connectivity index (χ3n) is 13.0. The first-order valence-electron chi connectivity index (χ1n) is 21.3. The number of benzene rings is 2. The number of aromatic nitrogens is 5. The zero-order valence-corrected chi connectivity index (χ0v) is 34.6. The highest BCUT2D eigenvalue weighted by Gasteiger charge is 2.51. The second kappa shape index (κ2) is 15.7. The molecule has 5 aliphatic rings. The molecule has 3 aromatic heterocycles. The van der Waals surface area contributed by atoms with Crippen LogP contribution in [0.1, 0.15) is 56.6 Å². The van der Waals surface area contributed by atoms with Gasteiger partial charge in [0, 0.05) is 69.2 Å². The van der Waals surface area contributed by atoms with Crippen LogP contribution >= 0.6 is 11.6 Å². The average molecular weight is 856 g/mol. The van der Waals surface area contributed by atoms with Gasteiger partial charge in [-0.3, -0.25) is 24.4 Å². The van der Waals surface area contributed by atoms with E-state index in [0.29, 0.717) is 65.0 Å². The van der Waals surface area contributed by atoms with E-state index in [0.717, 1.165) is 87.4 Å². The molecule has 4 N–H and O–H groups in total. The van der Waals surface area contributed by atoms with Crippen molar-refractivity contribution < 1.29 is 23.1 Å². The lowest BCUT2D eigenvalue weighted by Gasteiger charge is -2.34. The maximum absolute atomic E-state index is 15.1. The van der Waals surface area contributed by atoms with E-state index >= 15 is 8.78 Å². The lowest BCUT2D eigenvalue weighted by atomic mass is 9.92. The summed E-state index contributed by atoms with van der Waals surface area (Å²) >= 11 is 6.62. The number of hydrogen-bond donors (Lipinski definition) is 4. The van der Waals surface area contributed by atoms with Crippen molar-refractivity contribution >= 4 is 74.0 Å². The summed E-state index contributed by atoms with van der Waals surface area (Å²) < 4.78 is 37.5. The van der Waals surface area contributed by atoms with Gasteiger partial charge in [0.2, 0.25) is 23.5 Å². The highest BCUT2D eigenvalue weighted by atomic mass is 35.5. The molecule has 2 aromatic carbocycles. The molecule has 61 heavy (non-hydrogen) atoms. The minimum atomic E-state index is -3.13. The Balaban J connectivity index is 0.778. The van der Waals surface area contributed by atoms with Crippen molar-refractivity contribution in [1.82, 2.24) is 34.9 Å². The number of nitrogens with one attached hydrogen (secondary N) is 4. The maximum atomic E-state index is 15.1. The van der Waals surface area contributed by atoms with E-state index < -0.39 is 30.0 Å². The highest BCUT2D eigenvalue weighted by Crippen LogP contribution is 2.45. The van der Waals surface area contributed by atoms with Crippen LogP contribution in [-0.4, -0.2) is 106 Å². The van der Waals surface area contributed by atoms with Crippen LogP contribution in [0.25, 0.3) is 21.8 Å². The molecule has 10 rings (SSSR count). The molecule has 0 radical (unpaired) electrons. The number of carbonyl (C=O) groups excluding carboxylic acids is 2. The lowest BCUT2D eigenvalue weighted by Crippen LogP contribution is -2.44. The molecule has 2 amide bonds. The zero-order chi connectivity index (χ0) is 42.0. The molecular weight excluding hydrogens is 808 g/mol. The van der Waals surface area contributed by atoms with Crippen LogP contribution in [0.2, 0.25) is 5.02 Å². The van der Waals surface area contributed by atoms with Crippen LogP contribution in [0.5, 0.6) is 5.75 Å². The Morgan fingerprint density at radius 2 is 1.80 bits per heavy atom. The topological polar surface area (TPSA) is 166 Å². The van der Waals surface area contributed by atoms with E-state index in [1.807, 2.05) is 23.9 Å². The number of rotatable bonds is 8. The van der Waals surface area contributed by atoms with Crippen LogP contribution in [0.15, 0.2) is 47.4 Å². The van der Waals surface area contributed by atoms with Gasteiger partial charge >= 0.3 is 5.92 Å². The summed E-state index contributed by atoms with van der Waals surface area (Å²) in [5.41, 5.74) is 3.66. The predicted molar refractivity (Wildman–Crippen MR) is 230 cm³/mol. The monoisotopic (exact) mass is 855 g/mol. The van der Waals surface area contributed by atoms with E-state index in [2.05, 4.69) is 46.7 Å². The van der Waals surface area contributed by atoms with Crippen LogP contribution in [0.3, 0.4) is 0 Å². The number of pyridine rings is 1. The molecule has 3 saturated heterocycles. The molecule has 0 bridgehead atoms. The van der Waals surface area contributed by atoms with Crippen molar-refractivity contribution in [2.75, 3.05) is 72.9 Å². The summed E-state index contributed by atoms with van der Waals surface area (Å²) in [6, 6.07) is 10.4. The van der Waals surface area contributed by atoms with Crippen LogP contribution in [0, 0.1) is 11.8 Å². The number of aromatic amines is 1. The number of para-hydroxylation sites is 1. The van der Waals surface area contributed by atoms with Crippen molar-refractivity contribution in [2.24, 2.45) is 18.9 Å². The number of amides is 2. The van der Waals surface area contributed by atoms with E-state index in [1.165, 1.54) is 0 Å². The Bertz CT molecular complexity index is 2590. The second-order valence-electron chi connectivity index (χ2n) is 17.2. The highest BCUT2D eigenvalue weighted by molar-refractivity contribution is 6.33.